The predicted molar refractivity (Wildman–Crippen MR) is 94.8 cm³/mol. The Morgan fingerprint density at radius 2 is 1.24 bits per heavy atom. The van der Waals surface area contributed by atoms with Crippen LogP contribution in [0, 0.1) is 0 Å². The fourth-order valence-corrected chi connectivity index (χ4v) is 2.25. The average Bonchev–Trinajstić information content (AvgIpc) is 2.61. The summed E-state index contributed by atoms with van der Waals surface area (Å²) in [5.74, 6) is 0.743. The Balaban J connectivity index is 2.24. The van der Waals surface area contributed by atoms with Crippen LogP contribution in [0.3, 0.4) is 0 Å². The van der Waals surface area contributed by atoms with Crippen molar-refractivity contribution in [1.29, 1.82) is 0 Å². The highest BCUT2D eigenvalue weighted by molar-refractivity contribution is 6.06. The number of hydrogen-bond acceptors (Lipinski definition) is 5. The predicted octanol–water partition coefficient (Wildman–Crippen LogP) is 2.92. The maximum Gasteiger partial charge on any atom is 0.259 e. The van der Waals surface area contributed by atoms with Gasteiger partial charge in [-0.3, -0.25) is 9.59 Å². The van der Waals surface area contributed by atoms with Gasteiger partial charge in [0.15, 0.2) is 11.5 Å². The Hall–Kier alpha value is -3.22. The molecule has 2 amide bonds. The topological polar surface area (TPSA) is 85.9 Å². The number of methoxy groups -OCH3 is 3. The summed E-state index contributed by atoms with van der Waals surface area (Å²) in [6.07, 6.45) is 0. The number of rotatable bonds is 6. The van der Waals surface area contributed by atoms with E-state index in [1.165, 1.54) is 28.3 Å². The van der Waals surface area contributed by atoms with Crippen LogP contribution in [0.5, 0.6) is 17.2 Å². The Kier molecular flexibility index (Phi) is 5.84. The molecule has 0 aliphatic heterocycles. The van der Waals surface area contributed by atoms with Crippen molar-refractivity contribution in [3.05, 3.63) is 42.0 Å². The monoisotopic (exact) mass is 344 g/mol. The molecule has 7 heteroatoms. The van der Waals surface area contributed by atoms with Crippen molar-refractivity contribution in [3.8, 4) is 17.2 Å². The van der Waals surface area contributed by atoms with E-state index in [0.717, 1.165) is 0 Å². The number of nitrogens with one attached hydrogen (secondary N) is 2. The zero-order valence-corrected chi connectivity index (χ0v) is 14.5. The molecular weight excluding hydrogens is 324 g/mol. The van der Waals surface area contributed by atoms with Crippen LogP contribution in [0.4, 0.5) is 11.4 Å². The highest BCUT2D eigenvalue weighted by atomic mass is 16.5. The summed E-state index contributed by atoms with van der Waals surface area (Å²) in [7, 11) is 4.47. The van der Waals surface area contributed by atoms with E-state index in [1.807, 2.05) is 0 Å². The SMILES string of the molecule is COc1cc(OC)c(C(=O)Nc2ccc(NC(C)=O)cc2)cc1OC. The van der Waals surface area contributed by atoms with Crippen LogP contribution in [0.2, 0.25) is 0 Å². The minimum absolute atomic E-state index is 0.160. The number of carbonyl (C=O) groups excluding carboxylic acids is 2. The Morgan fingerprint density at radius 1 is 0.760 bits per heavy atom. The normalized spacial score (nSPS) is 9.92. The Labute approximate surface area is 145 Å². The molecule has 7 nitrogen and oxygen atoms in total. The molecule has 0 aliphatic rings. The minimum Gasteiger partial charge on any atom is -0.496 e. The molecule has 0 spiro atoms. The molecule has 0 radical (unpaired) electrons. The highest BCUT2D eigenvalue weighted by Gasteiger charge is 2.18. The molecule has 0 aromatic heterocycles. The average molecular weight is 344 g/mol. The van der Waals surface area contributed by atoms with Crippen LogP contribution in [-0.4, -0.2) is 33.1 Å². The Morgan fingerprint density at radius 3 is 1.72 bits per heavy atom. The van der Waals surface area contributed by atoms with Crippen molar-refractivity contribution >= 4 is 23.2 Å². The van der Waals surface area contributed by atoms with E-state index >= 15 is 0 Å². The summed E-state index contributed by atoms with van der Waals surface area (Å²) in [4.78, 5) is 23.6. The van der Waals surface area contributed by atoms with E-state index in [9.17, 15) is 9.59 Å². The van der Waals surface area contributed by atoms with Crippen molar-refractivity contribution in [3.63, 3.8) is 0 Å². The first-order valence-corrected chi connectivity index (χ1v) is 7.47. The van der Waals surface area contributed by atoms with Crippen molar-refractivity contribution in [1.82, 2.24) is 0 Å². The lowest BCUT2D eigenvalue weighted by Crippen LogP contribution is -2.14. The molecule has 0 unspecified atom stereocenters. The summed E-state index contributed by atoms with van der Waals surface area (Å²) in [5, 5.41) is 5.44. The molecule has 0 saturated carbocycles. The zero-order valence-electron chi connectivity index (χ0n) is 14.5. The van der Waals surface area contributed by atoms with E-state index in [2.05, 4.69) is 10.6 Å². The van der Waals surface area contributed by atoms with Gasteiger partial charge >= 0.3 is 0 Å². The van der Waals surface area contributed by atoms with Crippen LogP contribution in [-0.2, 0) is 4.79 Å². The molecule has 25 heavy (non-hydrogen) atoms. The van der Waals surface area contributed by atoms with E-state index in [4.69, 9.17) is 14.2 Å². The van der Waals surface area contributed by atoms with Crippen molar-refractivity contribution in [2.24, 2.45) is 0 Å². The van der Waals surface area contributed by atoms with Crippen molar-refractivity contribution in [2.75, 3.05) is 32.0 Å². The third-order valence-corrected chi connectivity index (χ3v) is 3.41. The lowest BCUT2D eigenvalue weighted by atomic mass is 10.1. The second kappa shape index (κ2) is 8.05. The first-order valence-electron chi connectivity index (χ1n) is 7.47. The molecule has 0 atom stereocenters. The maximum absolute atomic E-state index is 12.6. The molecule has 0 heterocycles. The van der Waals surface area contributed by atoms with Gasteiger partial charge in [-0.05, 0) is 24.3 Å². The quantitative estimate of drug-likeness (QED) is 0.841. The molecule has 2 rings (SSSR count). The number of ether oxygens (including phenoxy) is 3. The van der Waals surface area contributed by atoms with Gasteiger partial charge in [-0.1, -0.05) is 0 Å². The van der Waals surface area contributed by atoms with Gasteiger partial charge in [-0.2, -0.15) is 0 Å². The van der Waals surface area contributed by atoms with Crippen molar-refractivity contribution < 1.29 is 23.8 Å². The van der Waals surface area contributed by atoms with Gasteiger partial charge in [0.25, 0.3) is 5.91 Å². The van der Waals surface area contributed by atoms with E-state index in [0.29, 0.717) is 34.2 Å². The number of amides is 2. The van der Waals surface area contributed by atoms with Gasteiger partial charge in [0, 0.05) is 30.4 Å². The fourth-order valence-electron chi connectivity index (χ4n) is 2.25. The molecule has 0 bridgehead atoms. The number of benzene rings is 2. The summed E-state index contributed by atoms with van der Waals surface area (Å²) in [6.45, 7) is 1.43. The minimum atomic E-state index is -0.356. The number of carbonyl (C=O) groups is 2. The molecule has 0 saturated heterocycles. The molecule has 0 aliphatic carbocycles. The summed E-state index contributed by atoms with van der Waals surface area (Å²) in [6, 6.07) is 9.92. The smallest absolute Gasteiger partial charge is 0.259 e. The largest absolute Gasteiger partial charge is 0.496 e. The van der Waals surface area contributed by atoms with Crippen LogP contribution < -0.4 is 24.8 Å². The highest BCUT2D eigenvalue weighted by Crippen LogP contribution is 2.35. The van der Waals surface area contributed by atoms with E-state index in [1.54, 1.807) is 36.4 Å². The summed E-state index contributed by atoms with van der Waals surface area (Å²) in [5.41, 5.74) is 1.54. The first kappa shape index (κ1) is 18.1. The van der Waals surface area contributed by atoms with Gasteiger partial charge in [-0.25, -0.2) is 0 Å². The number of anilines is 2. The van der Waals surface area contributed by atoms with Gasteiger partial charge in [0.1, 0.15) is 5.75 Å². The Bertz CT molecular complexity index is 772. The van der Waals surface area contributed by atoms with Gasteiger partial charge in [-0.15, -0.1) is 0 Å². The van der Waals surface area contributed by atoms with Crippen LogP contribution in [0.25, 0.3) is 0 Å². The summed E-state index contributed by atoms with van der Waals surface area (Å²) < 4.78 is 15.7. The molecule has 132 valence electrons. The zero-order chi connectivity index (χ0) is 18.4. The van der Waals surface area contributed by atoms with E-state index < -0.39 is 0 Å². The lowest BCUT2D eigenvalue weighted by Gasteiger charge is -2.14. The second-order valence-corrected chi connectivity index (χ2v) is 5.12. The molecule has 2 aromatic rings. The molecule has 0 fully saturated rings. The van der Waals surface area contributed by atoms with Gasteiger partial charge < -0.3 is 24.8 Å². The van der Waals surface area contributed by atoms with Gasteiger partial charge in [0.2, 0.25) is 5.91 Å². The molecule has 2 N–H and O–H groups in total. The standard InChI is InChI=1S/C18H20N2O5/c1-11(21)19-12-5-7-13(8-6-12)20-18(22)14-9-16(24-3)17(25-4)10-15(14)23-2/h5-10H,1-4H3,(H,19,21)(H,20,22). The van der Waals surface area contributed by atoms with Crippen LogP contribution >= 0.6 is 0 Å². The second-order valence-electron chi connectivity index (χ2n) is 5.12. The molecular formula is C18H20N2O5. The van der Waals surface area contributed by atoms with Crippen LogP contribution in [0.1, 0.15) is 17.3 Å². The molecule has 2 aromatic carbocycles. The fraction of sp³-hybridized carbons (Fsp3) is 0.222. The summed E-state index contributed by atoms with van der Waals surface area (Å²) >= 11 is 0. The van der Waals surface area contributed by atoms with Crippen LogP contribution in [0.15, 0.2) is 36.4 Å². The maximum atomic E-state index is 12.6. The first-order chi connectivity index (χ1) is 12.0. The van der Waals surface area contributed by atoms with Crippen molar-refractivity contribution in [2.45, 2.75) is 6.92 Å². The number of hydrogen-bond donors (Lipinski definition) is 2. The lowest BCUT2D eigenvalue weighted by molar-refractivity contribution is -0.114. The third-order valence-electron chi connectivity index (χ3n) is 3.41. The van der Waals surface area contributed by atoms with Gasteiger partial charge in [0.05, 0.1) is 26.9 Å². The van der Waals surface area contributed by atoms with E-state index in [-0.39, 0.29) is 11.8 Å². The third kappa shape index (κ3) is 4.41.